The summed E-state index contributed by atoms with van der Waals surface area (Å²) in [6.07, 6.45) is 1.19. The van der Waals surface area contributed by atoms with Gasteiger partial charge in [0.15, 0.2) is 5.17 Å². The van der Waals surface area contributed by atoms with Gasteiger partial charge in [-0.05, 0) is 12.5 Å². The largest absolute Gasteiger partial charge is 0.379 e. The molecule has 2 aliphatic rings. The number of nitro benzene ring substituents is 1. The van der Waals surface area contributed by atoms with Crippen molar-refractivity contribution in [2.24, 2.45) is 16.6 Å². The second-order valence-corrected chi connectivity index (χ2v) is 6.91. The highest BCUT2D eigenvalue weighted by atomic mass is 32.2. The summed E-state index contributed by atoms with van der Waals surface area (Å²) in [7, 11) is 0. The van der Waals surface area contributed by atoms with Crippen molar-refractivity contribution in [2.45, 2.75) is 31.4 Å². The van der Waals surface area contributed by atoms with Gasteiger partial charge in [0.05, 0.1) is 23.2 Å². The van der Waals surface area contributed by atoms with Crippen LogP contribution in [0.2, 0.25) is 0 Å². The molecule has 0 spiro atoms. The van der Waals surface area contributed by atoms with E-state index in [0.717, 1.165) is 12.5 Å². The zero-order chi connectivity index (χ0) is 16.6. The Bertz CT molecular complexity index is 669. The first kappa shape index (κ1) is 16.2. The van der Waals surface area contributed by atoms with Crippen molar-refractivity contribution in [1.29, 1.82) is 0 Å². The number of halogens is 1. The summed E-state index contributed by atoms with van der Waals surface area (Å²) in [5.41, 5.74) is 5.14. The highest BCUT2D eigenvalue weighted by Crippen LogP contribution is 2.48. The Kier molecular flexibility index (Phi) is 4.29. The van der Waals surface area contributed by atoms with Gasteiger partial charge in [-0.2, -0.15) is 0 Å². The van der Waals surface area contributed by atoms with Gasteiger partial charge in [-0.25, -0.2) is 4.39 Å². The second-order valence-electron chi connectivity index (χ2n) is 5.87. The van der Waals surface area contributed by atoms with Gasteiger partial charge in [0.25, 0.3) is 5.69 Å². The van der Waals surface area contributed by atoms with E-state index in [1.54, 1.807) is 0 Å². The van der Waals surface area contributed by atoms with Crippen LogP contribution < -0.4 is 5.73 Å². The van der Waals surface area contributed by atoms with Crippen LogP contribution in [0.4, 0.5) is 10.1 Å². The normalized spacial score (nSPS) is 30.4. The molecular formula is C15H18FN3O3S. The lowest BCUT2D eigenvalue weighted by Gasteiger charge is -2.46. The molecular weight excluding hydrogens is 321 g/mol. The average Bonchev–Trinajstić information content (AvgIpc) is 2.53. The maximum Gasteiger partial charge on any atom is 0.270 e. The quantitative estimate of drug-likeness (QED) is 0.675. The lowest BCUT2D eigenvalue weighted by Crippen LogP contribution is -2.49. The van der Waals surface area contributed by atoms with Crippen molar-refractivity contribution in [2.75, 3.05) is 12.4 Å². The molecule has 8 heteroatoms. The number of nitrogens with zero attached hydrogens (tertiary/aromatic N) is 2. The Morgan fingerprint density at radius 1 is 1.61 bits per heavy atom. The molecule has 3 rings (SSSR count). The van der Waals surface area contributed by atoms with E-state index in [4.69, 9.17) is 10.5 Å². The van der Waals surface area contributed by atoms with E-state index in [2.05, 4.69) is 4.99 Å². The van der Waals surface area contributed by atoms with Crippen LogP contribution in [0, 0.1) is 21.8 Å². The molecule has 0 amide bonds. The van der Waals surface area contributed by atoms with Crippen LogP contribution in [-0.4, -0.2) is 28.6 Å². The smallest absolute Gasteiger partial charge is 0.270 e. The molecule has 23 heavy (non-hydrogen) atoms. The Morgan fingerprint density at radius 3 is 3.09 bits per heavy atom. The molecule has 2 N–H and O–H groups in total. The zero-order valence-corrected chi connectivity index (χ0v) is 13.5. The van der Waals surface area contributed by atoms with Crippen LogP contribution in [-0.2, 0) is 10.3 Å². The van der Waals surface area contributed by atoms with E-state index in [9.17, 15) is 14.5 Å². The van der Waals surface area contributed by atoms with Crippen molar-refractivity contribution in [3.8, 4) is 0 Å². The molecule has 1 aromatic carbocycles. The van der Waals surface area contributed by atoms with Gasteiger partial charge in [0.1, 0.15) is 5.82 Å². The van der Waals surface area contributed by atoms with Gasteiger partial charge in [0.2, 0.25) is 0 Å². The number of amidine groups is 1. The van der Waals surface area contributed by atoms with Gasteiger partial charge in [-0.15, -0.1) is 0 Å². The Morgan fingerprint density at radius 2 is 2.39 bits per heavy atom. The summed E-state index contributed by atoms with van der Waals surface area (Å²) in [5.74, 6) is 0.119. The standard InChI is InChI=1S/C15H18FN3O3S/c1-2-11-6-15(9(7-22-11)8-23-14(17)18-15)12-5-10(19(20)21)3-4-13(12)16/h3-5,9,11H,2,6-8H2,1H3,(H2,17,18)/t9-,11-,15-/m0/s1. The van der Waals surface area contributed by atoms with E-state index in [1.165, 1.54) is 23.9 Å². The summed E-state index contributed by atoms with van der Waals surface area (Å²) in [6.45, 7) is 2.44. The highest BCUT2D eigenvalue weighted by Gasteiger charge is 2.49. The predicted octanol–water partition coefficient (Wildman–Crippen LogP) is 2.81. The number of rotatable bonds is 3. The first-order chi connectivity index (χ1) is 11.0. The van der Waals surface area contributed by atoms with Crippen molar-refractivity contribution < 1.29 is 14.1 Å². The number of aliphatic imine (C=N–C) groups is 1. The topological polar surface area (TPSA) is 90.8 Å². The molecule has 2 heterocycles. The minimum atomic E-state index is -0.885. The van der Waals surface area contributed by atoms with Crippen molar-refractivity contribution in [3.05, 3.63) is 39.7 Å². The number of non-ortho nitro benzene ring substituents is 1. The monoisotopic (exact) mass is 339 g/mol. The van der Waals surface area contributed by atoms with Crippen LogP contribution in [0.15, 0.2) is 23.2 Å². The van der Waals surface area contributed by atoms with E-state index in [0.29, 0.717) is 23.9 Å². The van der Waals surface area contributed by atoms with E-state index >= 15 is 0 Å². The number of hydrogen-bond donors (Lipinski definition) is 1. The van der Waals surface area contributed by atoms with Crippen molar-refractivity contribution >= 4 is 22.6 Å². The van der Waals surface area contributed by atoms with Crippen molar-refractivity contribution in [3.63, 3.8) is 0 Å². The summed E-state index contributed by atoms with van der Waals surface area (Å²) in [6, 6.07) is 3.61. The fourth-order valence-corrected chi connectivity index (χ4v) is 4.28. The first-order valence-electron chi connectivity index (χ1n) is 7.50. The van der Waals surface area contributed by atoms with Gasteiger partial charge >= 0.3 is 0 Å². The summed E-state index contributed by atoms with van der Waals surface area (Å²) < 4.78 is 20.4. The third-order valence-corrected chi connectivity index (χ3v) is 5.53. The molecule has 1 saturated heterocycles. The summed E-state index contributed by atoms with van der Waals surface area (Å²) in [5, 5.41) is 11.5. The number of ether oxygens (including phenoxy) is 1. The van der Waals surface area contributed by atoms with E-state index < -0.39 is 16.3 Å². The molecule has 1 fully saturated rings. The average molecular weight is 339 g/mol. The number of hydrogen-bond acceptors (Lipinski definition) is 6. The Hall–Kier alpha value is -1.67. The molecule has 0 unspecified atom stereocenters. The van der Waals surface area contributed by atoms with E-state index in [-0.39, 0.29) is 23.3 Å². The maximum absolute atomic E-state index is 14.6. The lowest BCUT2D eigenvalue weighted by atomic mass is 9.73. The van der Waals surface area contributed by atoms with Gasteiger partial charge < -0.3 is 10.5 Å². The molecule has 0 radical (unpaired) electrons. The Labute approximate surface area is 137 Å². The van der Waals surface area contributed by atoms with Gasteiger partial charge in [-0.3, -0.25) is 15.1 Å². The lowest BCUT2D eigenvalue weighted by molar-refractivity contribution is -0.385. The van der Waals surface area contributed by atoms with Crippen molar-refractivity contribution in [1.82, 2.24) is 0 Å². The fourth-order valence-electron chi connectivity index (χ4n) is 3.31. The first-order valence-corrected chi connectivity index (χ1v) is 8.49. The predicted molar refractivity (Wildman–Crippen MR) is 87.0 cm³/mol. The molecule has 1 aromatic rings. The minimum Gasteiger partial charge on any atom is -0.379 e. The molecule has 124 valence electrons. The third kappa shape index (κ3) is 2.81. The Balaban J connectivity index is 2.16. The van der Waals surface area contributed by atoms with Gasteiger partial charge in [-0.1, -0.05) is 18.7 Å². The van der Waals surface area contributed by atoms with Crippen LogP contribution in [0.25, 0.3) is 0 Å². The minimum absolute atomic E-state index is 0.0564. The fraction of sp³-hybridized carbons (Fsp3) is 0.533. The molecule has 0 aromatic heterocycles. The maximum atomic E-state index is 14.6. The molecule has 6 nitrogen and oxygen atoms in total. The molecule has 3 atom stereocenters. The number of nitro groups is 1. The van der Waals surface area contributed by atoms with Crippen LogP contribution in [0.5, 0.6) is 0 Å². The molecule has 0 aliphatic carbocycles. The molecule has 0 saturated carbocycles. The number of benzene rings is 1. The number of thioether (sulfide) groups is 1. The van der Waals surface area contributed by atoms with Crippen LogP contribution >= 0.6 is 11.8 Å². The van der Waals surface area contributed by atoms with E-state index in [1.807, 2.05) is 6.92 Å². The van der Waals surface area contributed by atoms with Crippen LogP contribution in [0.1, 0.15) is 25.3 Å². The van der Waals surface area contributed by atoms with Gasteiger partial charge in [0, 0.05) is 35.8 Å². The summed E-state index contributed by atoms with van der Waals surface area (Å²) >= 11 is 1.41. The highest BCUT2D eigenvalue weighted by molar-refractivity contribution is 8.13. The molecule has 2 aliphatic heterocycles. The second kappa shape index (κ2) is 6.09. The molecule has 0 bridgehead atoms. The zero-order valence-electron chi connectivity index (χ0n) is 12.7. The van der Waals surface area contributed by atoms with Crippen LogP contribution in [0.3, 0.4) is 0 Å². The SMILES string of the molecule is CC[C@H]1C[C@]2(c3cc([N+](=O)[O-])ccc3F)N=C(N)SC[C@@H]2CO1. The number of fused-ring (bicyclic) bond motifs is 1. The third-order valence-electron chi connectivity index (χ3n) is 4.57. The number of nitrogens with two attached hydrogens (primary N) is 1. The summed E-state index contributed by atoms with van der Waals surface area (Å²) in [4.78, 5) is 15.1.